The lowest BCUT2D eigenvalue weighted by atomic mass is 9.87. The largest absolute Gasteiger partial charge is 0.392 e. The van der Waals surface area contributed by atoms with Crippen molar-refractivity contribution in [3.8, 4) is 0 Å². The van der Waals surface area contributed by atoms with Crippen molar-refractivity contribution < 1.29 is 9.90 Å². The van der Waals surface area contributed by atoms with E-state index in [1.165, 1.54) is 4.90 Å². The summed E-state index contributed by atoms with van der Waals surface area (Å²) in [6, 6.07) is 0. The number of aliphatic hydroxyl groups is 1. The summed E-state index contributed by atoms with van der Waals surface area (Å²) in [5, 5.41) is 9.56. The minimum Gasteiger partial charge on any atom is -0.392 e. The minimum absolute atomic E-state index is 0.0302. The number of hydrogen-bond donors (Lipinski definition) is 1. The van der Waals surface area contributed by atoms with Crippen molar-refractivity contribution in [1.82, 2.24) is 4.90 Å². The Labute approximate surface area is 74.4 Å². The van der Waals surface area contributed by atoms with Crippen molar-refractivity contribution in [2.45, 2.75) is 33.3 Å². The van der Waals surface area contributed by atoms with Gasteiger partial charge in [0, 0.05) is 14.1 Å². The molecule has 0 bridgehead atoms. The number of carbonyl (C=O) groups excluding carboxylic acids is 1. The minimum atomic E-state index is -0.563. The highest BCUT2D eigenvalue weighted by molar-refractivity contribution is 5.76. The summed E-state index contributed by atoms with van der Waals surface area (Å²) in [5.41, 5.74) is -0.217. The fourth-order valence-electron chi connectivity index (χ4n) is 0.654. The molecule has 0 aliphatic rings. The number of amides is 1. The Balaban J connectivity index is 4.02. The van der Waals surface area contributed by atoms with E-state index < -0.39 is 6.10 Å². The summed E-state index contributed by atoms with van der Waals surface area (Å²) in [7, 11) is 3.38. The Morgan fingerprint density at radius 1 is 1.42 bits per heavy atom. The molecule has 0 radical (unpaired) electrons. The van der Waals surface area contributed by atoms with Crippen molar-refractivity contribution in [1.29, 1.82) is 0 Å². The monoisotopic (exact) mass is 173 g/mol. The van der Waals surface area contributed by atoms with Crippen LogP contribution in [0.5, 0.6) is 0 Å². The Kier molecular flexibility index (Phi) is 3.71. The third kappa shape index (κ3) is 3.72. The number of carbonyl (C=O) groups is 1. The van der Waals surface area contributed by atoms with Crippen LogP contribution in [0.3, 0.4) is 0 Å². The molecule has 1 N–H and O–H groups in total. The molecule has 3 heteroatoms. The average Bonchev–Trinajstić information content (AvgIpc) is 1.85. The lowest BCUT2D eigenvalue weighted by molar-refractivity contribution is -0.132. The van der Waals surface area contributed by atoms with E-state index >= 15 is 0 Å². The Morgan fingerprint density at radius 2 is 1.83 bits per heavy atom. The molecule has 0 saturated heterocycles. The Hall–Kier alpha value is -0.570. The van der Waals surface area contributed by atoms with Crippen LogP contribution in [0.2, 0.25) is 0 Å². The van der Waals surface area contributed by atoms with Crippen LogP contribution in [0.25, 0.3) is 0 Å². The second kappa shape index (κ2) is 3.90. The van der Waals surface area contributed by atoms with Crippen molar-refractivity contribution in [2.24, 2.45) is 5.41 Å². The zero-order valence-corrected chi connectivity index (χ0v) is 8.59. The predicted octanol–water partition coefficient (Wildman–Crippen LogP) is 0.872. The van der Waals surface area contributed by atoms with Gasteiger partial charge in [-0.2, -0.15) is 0 Å². The van der Waals surface area contributed by atoms with E-state index in [1.54, 1.807) is 14.1 Å². The molecule has 0 unspecified atom stereocenters. The standard InChI is InChI=1S/C9H19NO2/c1-9(2,3)7(11)6-8(12)10(4)5/h7,11H,6H2,1-5H3/t7-/m1/s1. The second-order valence-corrected chi connectivity index (χ2v) is 4.37. The molecule has 0 saturated carbocycles. The molecular formula is C9H19NO2. The van der Waals surface area contributed by atoms with Gasteiger partial charge in [-0.05, 0) is 5.41 Å². The molecule has 0 aromatic carbocycles. The maximum absolute atomic E-state index is 11.2. The van der Waals surface area contributed by atoms with Gasteiger partial charge >= 0.3 is 0 Å². The summed E-state index contributed by atoms with van der Waals surface area (Å²) in [5.74, 6) is -0.0302. The van der Waals surface area contributed by atoms with E-state index in [1.807, 2.05) is 20.8 Å². The first-order chi connectivity index (χ1) is 5.25. The first kappa shape index (κ1) is 11.4. The zero-order chi connectivity index (χ0) is 9.94. The fraction of sp³-hybridized carbons (Fsp3) is 0.889. The van der Waals surface area contributed by atoms with Gasteiger partial charge in [-0.25, -0.2) is 0 Å². The van der Waals surface area contributed by atoms with Crippen molar-refractivity contribution in [3.63, 3.8) is 0 Å². The van der Waals surface area contributed by atoms with Gasteiger partial charge in [0.25, 0.3) is 0 Å². The van der Waals surface area contributed by atoms with E-state index in [0.717, 1.165) is 0 Å². The molecule has 12 heavy (non-hydrogen) atoms. The second-order valence-electron chi connectivity index (χ2n) is 4.37. The molecule has 1 atom stereocenters. The average molecular weight is 173 g/mol. The highest BCUT2D eigenvalue weighted by Gasteiger charge is 2.24. The van der Waals surface area contributed by atoms with Crippen LogP contribution in [-0.2, 0) is 4.79 Å². The Morgan fingerprint density at radius 3 is 2.08 bits per heavy atom. The molecular weight excluding hydrogens is 154 g/mol. The van der Waals surface area contributed by atoms with Crippen LogP contribution in [0, 0.1) is 5.41 Å². The molecule has 0 spiro atoms. The van der Waals surface area contributed by atoms with E-state index in [0.29, 0.717) is 0 Å². The molecule has 0 heterocycles. The van der Waals surface area contributed by atoms with Crippen molar-refractivity contribution in [3.05, 3.63) is 0 Å². The molecule has 72 valence electrons. The maximum atomic E-state index is 11.2. The molecule has 3 nitrogen and oxygen atoms in total. The first-order valence-electron chi connectivity index (χ1n) is 4.13. The quantitative estimate of drug-likeness (QED) is 0.673. The highest BCUT2D eigenvalue weighted by atomic mass is 16.3. The topological polar surface area (TPSA) is 40.5 Å². The smallest absolute Gasteiger partial charge is 0.224 e. The summed E-state index contributed by atoms with van der Waals surface area (Å²) >= 11 is 0. The summed E-state index contributed by atoms with van der Waals surface area (Å²) in [6.07, 6.45) is -0.358. The predicted molar refractivity (Wildman–Crippen MR) is 48.8 cm³/mol. The van der Waals surface area contributed by atoms with E-state index in [4.69, 9.17) is 0 Å². The summed E-state index contributed by atoms with van der Waals surface area (Å²) in [4.78, 5) is 12.7. The van der Waals surface area contributed by atoms with Gasteiger partial charge in [-0.15, -0.1) is 0 Å². The van der Waals surface area contributed by atoms with Crippen LogP contribution < -0.4 is 0 Å². The third-order valence-electron chi connectivity index (χ3n) is 1.87. The molecule has 0 aliphatic carbocycles. The van der Waals surface area contributed by atoms with E-state index in [9.17, 15) is 9.90 Å². The lowest BCUT2D eigenvalue weighted by Crippen LogP contribution is -2.33. The molecule has 1 amide bonds. The van der Waals surface area contributed by atoms with Gasteiger partial charge in [0.15, 0.2) is 0 Å². The van der Waals surface area contributed by atoms with Gasteiger partial charge < -0.3 is 10.0 Å². The molecule has 0 aromatic heterocycles. The normalized spacial score (nSPS) is 14.2. The third-order valence-corrected chi connectivity index (χ3v) is 1.87. The number of nitrogens with zero attached hydrogens (tertiary/aromatic N) is 1. The van der Waals surface area contributed by atoms with E-state index in [-0.39, 0.29) is 17.7 Å². The van der Waals surface area contributed by atoms with Gasteiger partial charge in [0.05, 0.1) is 12.5 Å². The number of hydrogen-bond acceptors (Lipinski definition) is 2. The Bertz CT molecular complexity index is 158. The molecule has 0 fully saturated rings. The van der Waals surface area contributed by atoms with Crippen molar-refractivity contribution in [2.75, 3.05) is 14.1 Å². The summed E-state index contributed by atoms with van der Waals surface area (Å²) in [6.45, 7) is 5.75. The highest BCUT2D eigenvalue weighted by Crippen LogP contribution is 2.21. The number of rotatable bonds is 2. The zero-order valence-electron chi connectivity index (χ0n) is 8.59. The van der Waals surface area contributed by atoms with Crippen LogP contribution >= 0.6 is 0 Å². The van der Waals surface area contributed by atoms with Crippen LogP contribution in [-0.4, -0.2) is 36.1 Å². The van der Waals surface area contributed by atoms with Crippen LogP contribution in [0.15, 0.2) is 0 Å². The van der Waals surface area contributed by atoms with Crippen molar-refractivity contribution >= 4 is 5.91 Å². The van der Waals surface area contributed by atoms with Crippen LogP contribution in [0.4, 0.5) is 0 Å². The van der Waals surface area contributed by atoms with Gasteiger partial charge in [0.2, 0.25) is 5.91 Å². The summed E-state index contributed by atoms with van der Waals surface area (Å²) < 4.78 is 0. The fourth-order valence-corrected chi connectivity index (χ4v) is 0.654. The first-order valence-corrected chi connectivity index (χ1v) is 4.13. The molecule has 0 aliphatic heterocycles. The van der Waals surface area contributed by atoms with E-state index in [2.05, 4.69) is 0 Å². The molecule has 0 rings (SSSR count). The lowest BCUT2D eigenvalue weighted by Gasteiger charge is -2.26. The number of aliphatic hydroxyl groups excluding tert-OH is 1. The van der Waals surface area contributed by atoms with Gasteiger partial charge in [0.1, 0.15) is 0 Å². The maximum Gasteiger partial charge on any atom is 0.224 e. The van der Waals surface area contributed by atoms with Gasteiger partial charge in [-0.3, -0.25) is 4.79 Å². The molecule has 0 aromatic rings. The van der Waals surface area contributed by atoms with Gasteiger partial charge in [-0.1, -0.05) is 20.8 Å². The van der Waals surface area contributed by atoms with Crippen LogP contribution in [0.1, 0.15) is 27.2 Å². The SMILES string of the molecule is CN(C)C(=O)C[C@@H](O)C(C)(C)C.